The molecule has 4 heterocycles. The molecule has 15 heteroatoms. The molecule has 1 N–H and O–H groups in total. The zero-order valence-electron chi connectivity index (χ0n) is 21.8. The van der Waals surface area contributed by atoms with Crippen molar-refractivity contribution in [3.05, 3.63) is 59.5 Å². The molecule has 212 valence electrons. The summed E-state index contributed by atoms with van der Waals surface area (Å²) < 4.78 is 70.0. The fourth-order valence-electron chi connectivity index (χ4n) is 4.77. The third-order valence-corrected chi connectivity index (χ3v) is 8.40. The fraction of sp³-hybridized carbons (Fsp3) is 0.360. The molecule has 1 fully saturated rings. The number of imidazole rings is 2. The van der Waals surface area contributed by atoms with Gasteiger partial charge in [0, 0.05) is 44.1 Å². The number of aryl methyl sites for hydroxylation is 2. The van der Waals surface area contributed by atoms with Gasteiger partial charge in [-0.05, 0) is 31.9 Å². The SMILES string of the molecule is Cc1ncn(C)c1-c1ccc(-n2cnc(-c3nc(NC4CCN(S(C)(=O)=O)CC4)ncc3C(F)(F)F)c2)c(Cl)c1. The van der Waals surface area contributed by atoms with Crippen LogP contribution in [0.15, 0.2) is 43.2 Å². The van der Waals surface area contributed by atoms with E-state index in [0.717, 1.165) is 29.4 Å². The van der Waals surface area contributed by atoms with Crippen molar-refractivity contribution in [1.29, 1.82) is 0 Å². The fourth-order valence-corrected chi connectivity index (χ4v) is 5.92. The summed E-state index contributed by atoms with van der Waals surface area (Å²) in [7, 11) is -1.43. The van der Waals surface area contributed by atoms with E-state index in [0.29, 0.717) is 36.6 Å². The van der Waals surface area contributed by atoms with Gasteiger partial charge >= 0.3 is 6.18 Å². The number of hydrogen-bond donors (Lipinski definition) is 1. The smallest absolute Gasteiger partial charge is 0.351 e. The van der Waals surface area contributed by atoms with Crippen molar-refractivity contribution in [2.24, 2.45) is 7.05 Å². The Morgan fingerprint density at radius 3 is 2.42 bits per heavy atom. The van der Waals surface area contributed by atoms with Crippen LogP contribution in [0, 0.1) is 6.92 Å². The first-order valence-electron chi connectivity index (χ1n) is 12.3. The van der Waals surface area contributed by atoms with Crippen molar-refractivity contribution in [2.45, 2.75) is 32.0 Å². The molecule has 0 atom stereocenters. The number of nitrogens with one attached hydrogen (secondary N) is 1. The number of alkyl halides is 3. The highest BCUT2D eigenvalue weighted by molar-refractivity contribution is 7.88. The maximum absolute atomic E-state index is 13.9. The molecule has 1 saturated heterocycles. The Morgan fingerprint density at radius 2 is 1.82 bits per heavy atom. The summed E-state index contributed by atoms with van der Waals surface area (Å²) in [5.41, 5.74) is 1.70. The molecule has 0 radical (unpaired) electrons. The van der Waals surface area contributed by atoms with E-state index in [1.807, 2.05) is 24.6 Å². The van der Waals surface area contributed by atoms with E-state index >= 15 is 0 Å². The monoisotopic (exact) mass is 594 g/mol. The minimum absolute atomic E-state index is 0.00397. The number of hydrogen-bond acceptors (Lipinski definition) is 7. The number of anilines is 1. The van der Waals surface area contributed by atoms with Crippen LogP contribution < -0.4 is 5.32 Å². The van der Waals surface area contributed by atoms with Crippen LogP contribution >= 0.6 is 11.6 Å². The van der Waals surface area contributed by atoms with Crippen molar-refractivity contribution >= 4 is 27.6 Å². The Balaban J connectivity index is 1.43. The molecule has 40 heavy (non-hydrogen) atoms. The van der Waals surface area contributed by atoms with E-state index in [2.05, 4.69) is 25.3 Å². The largest absolute Gasteiger partial charge is 0.420 e. The number of aromatic nitrogens is 6. The number of sulfonamides is 1. The van der Waals surface area contributed by atoms with Gasteiger partial charge in [0.1, 0.15) is 23.3 Å². The Morgan fingerprint density at radius 1 is 1.10 bits per heavy atom. The second kappa shape index (κ2) is 10.5. The number of nitrogens with zero attached hydrogens (tertiary/aromatic N) is 7. The highest BCUT2D eigenvalue weighted by Gasteiger charge is 2.36. The summed E-state index contributed by atoms with van der Waals surface area (Å²) in [6.45, 7) is 2.49. The van der Waals surface area contributed by atoms with E-state index in [4.69, 9.17) is 11.6 Å². The second-order valence-corrected chi connectivity index (χ2v) is 12.0. The van der Waals surface area contributed by atoms with Gasteiger partial charge in [0.25, 0.3) is 0 Å². The summed E-state index contributed by atoms with van der Waals surface area (Å²) in [4.78, 5) is 16.6. The molecule has 0 bridgehead atoms. The molecule has 0 spiro atoms. The van der Waals surface area contributed by atoms with E-state index < -0.39 is 21.8 Å². The maximum atomic E-state index is 13.9. The average molecular weight is 595 g/mol. The Kier molecular flexibility index (Phi) is 7.35. The van der Waals surface area contributed by atoms with Crippen LogP contribution in [0.4, 0.5) is 19.1 Å². The van der Waals surface area contributed by atoms with Crippen LogP contribution in [0.25, 0.3) is 28.3 Å². The van der Waals surface area contributed by atoms with Gasteiger partial charge in [-0.15, -0.1) is 0 Å². The van der Waals surface area contributed by atoms with Gasteiger partial charge < -0.3 is 14.5 Å². The molecular formula is C25H26ClF3N8O2S. The van der Waals surface area contributed by atoms with Crippen molar-refractivity contribution in [1.82, 2.24) is 33.4 Å². The molecule has 1 aromatic carbocycles. The highest BCUT2D eigenvalue weighted by atomic mass is 35.5. The summed E-state index contributed by atoms with van der Waals surface area (Å²) in [5, 5.41) is 3.42. The van der Waals surface area contributed by atoms with E-state index in [-0.39, 0.29) is 23.4 Å². The van der Waals surface area contributed by atoms with Crippen LogP contribution in [0.1, 0.15) is 24.1 Å². The molecule has 0 amide bonds. The standard InChI is InChI=1S/C25H26ClF3N8O2S/c1-15-23(35(2)13-31-15)16-4-5-21(19(26)10-16)36-12-20(32-14-36)22-18(25(27,28)29)11-30-24(34-22)33-17-6-8-37(9-7-17)40(3,38)39/h4-5,10-14,17H,6-9H2,1-3H3,(H,30,33,34). The number of rotatable bonds is 6. The normalized spacial score (nSPS) is 15.5. The first-order chi connectivity index (χ1) is 18.8. The Bertz CT molecular complexity index is 1640. The molecule has 0 saturated carbocycles. The summed E-state index contributed by atoms with van der Waals surface area (Å²) in [6.07, 6.45) is 2.61. The summed E-state index contributed by atoms with van der Waals surface area (Å²) in [6, 6.07) is 5.19. The molecular weight excluding hydrogens is 569 g/mol. The van der Waals surface area contributed by atoms with Crippen LogP contribution in [-0.2, 0) is 23.2 Å². The number of benzene rings is 1. The maximum Gasteiger partial charge on any atom is 0.420 e. The van der Waals surface area contributed by atoms with Crippen LogP contribution in [-0.4, -0.2) is 67.2 Å². The number of halogens is 4. The van der Waals surface area contributed by atoms with Crippen LogP contribution in [0.3, 0.4) is 0 Å². The molecule has 4 aromatic rings. The van der Waals surface area contributed by atoms with Gasteiger partial charge in [-0.2, -0.15) is 13.2 Å². The highest BCUT2D eigenvalue weighted by Crippen LogP contribution is 2.36. The first kappa shape index (κ1) is 28.1. The molecule has 10 nitrogen and oxygen atoms in total. The van der Waals surface area contributed by atoms with Crippen molar-refractivity contribution in [3.8, 4) is 28.3 Å². The van der Waals surface area contributed by atoms with Crippen LogP contribution in [0.5, 0.6) is 0 Å². The van der Waals surface area contributed by atoms with Gasteiger partial charge in [0.05, 0.1) is 34.7 Å². The first-order valence-corrected chi connectivity index (χ1v) is 14.5. The summed E-state index contributed by atoms with van der Waals surface area (Å²) >= 11 is 6.58. The van der Waals surface area contributed by atoms with Gasteiger partial charge in [-0.25, -0.2) is 32.7 Å². The van der Waals surface area contributed by atoms with Crippen molar-refractivity contribution in [3.63, 3.8) is 0 Å². The lowest BCUT2D eigenvalue weighted by Crippen LogP contribution is -2.42. The molecule has 3 aromatic heterocycles. The van der Waals surface area contributed by atoms with Gasteiger partial charge in [0.2, 0.25) is 16.0 Å². The van der Waals surface area contributed by atoms with E-state index in [1.165, 1.54) is 21.4 Å². The zero-order valence-corrected chi connectivity index (χ0v) is 23.4. The molecule has 5 rings (SSSR count). The second-order valence-electron chi connectivity index (χ2n) is 9.66. The average Bonchev–Trinajstić information content (AvgIpc) is 3.49. The molecule has 1 aliphatic rings. The third kappa shape index (κ3) is 5.69. The third-order valence-electron chi connectivity index (χ3n) is 6.79. The molecule has 0 unspecified atom stereocenters. The lowest BCUT2D eigenvalue weighted by molar-refractivity contribution is -0.137. The van der Waals surface area contributed by atoms with Crippen molar-refractivity contribution in [2.75, 3.05) is 24.7 Å². The minimum Gasteiger partial charge on any atom is -0.351 e. The van der Waals surface area contributed by atoms with E-state index in [9.17, 15) is 21.6 Å². The van der Waals surface area contributed by atoms with E-state index in [1.54, 1.807) is 18.5 Å². The number of piperidine rings is 1. The molecule has 1 aliphatic heterocycles. The zero-order chi connectivity index (χ0) is 28.8. The minimum atomic E-state index is -4.71. The molecule has 0 aliphatic carbocycles. The predicted octanol–water partition coefficient (Wildman–Crippen LogP) is 4.55. The van der Waals surface area contributed by atoms with Gasteiger partial charge in [0.15, 0.2) is 0 Å². The summed E-state index contributed by atoms with van der Waals surface area (Å²) in [5.74, 6) is 0.00397. The Labute approximate surface area is 233 Å². The van der Waals surface area contributed by atoms with Crippen molar-refractivity contribution < 1.29 is 21.6 Å². The predicted molar refractivity (Wildman–Crippen MR) is 145 cm³/mol. The lowest BCUT2D eigenvalue weighted by atomic mass is 10.1. The quantitative estimate of drug-likeness (QED) is 0.349. The lowest BCUT2D eigenvalue weighted by Gasteiger charge is -2.30. The van der Waals surface area contributed by atoms with Crippen LogP contribution in [0.2, 0.25) is 5.02 Å². The van der Waals surface area contributed by atoms with Gasteiger partial charge in [-0.1, -0.05) is 17.7 Å². The van der Waals surface area contributed by atoms with Gasteiger partial charge in [-0.3, -0.25) is 0 Å². The topological polar surface area (TPSA) is 111 Å². The Hall–Kier alpha value is -3.49.